The van der Waals surface area contributed by atoms with Crippen molar-refractivity contribution in [2.24, 2.45) is 4.99 Å². The van der Waals surface area contributed by atoms with E-state index in [-0.39, 0.29) is 0 Å². The molecule has 6 nitrogen and oxygen atoms in total. The SMILES string of the molecule is CCC1CNCCCN1c1ncc(C)c(Nc2ccc3c(c2)C=NC3)n1. The van der Waals surface area contributed by atoms with Gasteiger partial charge in [-0.2, -0.15) is 4.98 Å². The van der Waals surface area contributed by atoms with Gasteiger partial charge in [0.15, 0.2) is 0 Å². The molecular weight excluding hydrogens is 324 g/mol. The third-order valence-corrected chi connectivity index (χ3v) is 5.16. The fourth-order valence-electron chi connectivity index (χ4n) is 3.58. The van der Waals surface area contributed by atoms with Crippen molar-refractivity contribution < 1.29 is 0 Å². The largest absolute Gasteiger partial charge is 0.340 e. The van der Waals surface area contributed by atoms with Gasteiger partial charge in [-0.3, -0.25) is 4.99 Å². The van der Waals surface area contributed by atoms with Gasteiger partial charge in [-0.25, -0.2) is 4.98 Å². The molecule has 0 amide bonds. The van der Waals surface area contributed by atoms with Crippen molar-refractivity contribution in [2.75, 3.05) is 29.9 Å². The van der Waals surface area contributed by atoms with Crippen LogP contribution in [0.1, 0.15) is 36.5 Å². The van der Waals surface area contributed by atoms with Crippen LogP contribution in [-0.2, 0) is 6.54 Å². The Balaban J connectivity index is 1.60. The minimum Gasteiger partial charge on any atom is -0.340 e. The number of aliphatic imine (C=N–C) groups is 1. The molecule has 1 aromatic heterocycles. The molecule has 1 saturated heterocycles. The van der Waals surface area contributed by atoms with Crippen molar-refractivity contribution in [3.8, 4) is 0 Å². The Morgan fingerprint density at radius 2 is 2.27 bits per heavy atom. The molecular formula is C20H26N6. The quantitative estimate of drug-likeness (QED) is 0.887. The number of rotatable bonds is 4. The zero-order valence-corrected chi connectivity index (χ0v) is 15.5. The number of nitrogens with zero attached hydrogens (tertiary/aromatic N) is 4. The fourth-order valence-corrected chi connectivity index (χ4v) is 3.58. The van der Waals surface area contributed by atoms with Crippen molar-refractivity contribution in [1.82, 2.24) is 15.3 Å². The van der Waals surface area contributed by atoms with Crippen molar-refractivity contribution in [3.05, 3.63) is 41.1 Å². The molecule has 2 aromatic rings. The first-order chi connectivity index (χ1) is 12.7. The van der Waals surface area contributed by atoms with E-state index in [9.17, 15) is 0 Å². The summed E-state index contributed by atoms with van der Waals surface area (Å²) in [5.41, 5.74) is 4.54. The number of aromatic nitrogens is 2. The Morgan fingerprint density at radius 3 is 3.15 bits per heavy atom. The average Bonchev–Trinajstić information content (AvgIpc) is 2.99. The van der Waals surface area contributed by atoms with Crippen molar-refractivity contribution in [3.63, 3.8) is 0 Å². The minimum absolute atomic E-state index is 0.435. The summed E-state index contributed by atoms with van der Waals surface area (Å²) >= 11 is 0. The second-order valence-corrected chi connectivity index (χ2v) is 7.02. The Morgan fingerprint density at radius 1 is 1.35 bits per heavy atom. The van der Waals surface area contributed by atoms with Gasteiger partial charge in [-0.15, -0.1) is 0 Å². The first-order valence-electron chi connectivity index (χ1n) is 9.45. The fraction of sp³-hybridized carbons (Fsp3) is 0.450. The molecule has 0 spiro atoms. The van der Waals surface area contributed by atoms with Gasteiger partial charge in [-0.1, -0.05) is 13.0 Å². The summed E-state index contributed by atoms with van der Waals surface area (Å²) in [4.78, 5) is 16.2. The highest BCUT2D eigenvalue weighted by atomic mass is 15.3. The molecule has 2 N–H and O–H groups in total. The monoisotopic (exact) mass is 350 g/mol. The Bertz CT molecular complexity index is 816. The molecule has 0 aliphatic carbocycles. The first kappa shape index (κ1) is 17.0. The lowest BCUT2D eigenvalue weighted by Gasteiger charge is -2.29. The molecule has 3 heterocycles. The van der Waals surface area contributed by atoms with Crippen LogP contribution in [0.4, 0.5) is 17.5 Å². The lowest BCUT2D eigenvalue weighted by Crippen LogP contribution is -2.40. The second-order valence-electron chi connectivity index (χ2n) is 7.02. The van der Waals surface area contributed by atoms with E-state index >= 15 is 0 Å². The van der Waals surface area contributed by atoms with E-state index < -0.39 is 0 Å². The van der Waals surface area contributed by atoms with E-state index in [1.165, 1.54) is 11.1 Å². The highest BCUT2D eigenvalue weighted by molar-refractivity contribution is 5.86. The minimum atomic E-state index is 0.435. The zero-order chi connectivity index (χ0) is 17.9. The van der Waals surface area contributed by atoms with Crippen LogP contribution in [0.15, 0.2) is 29.4 Å². The van der Waals surface area contributed by atoms with Crippen LogP contribution in [0.25, 0.3) is 0 Å². The van der Waals surface area contributed by atoms with Crippen LogP contribution < -0.4 is 15.5 Å². The Hall–Kier alpha value is -2.47. The lowest BCUT2D eigenvalue weighted by molar-refractivity contribution is 0.563. The molecule has 1 unspecified atom stereocenters. The summed E-state index contributed by atoms with van der Waals surface area (Å²) in [6.07, 6.45) is 6.05. The molecule has 2 aliphatic rings. The molecule has 2 aliphatic heterocycles. The molecule has 26 heavy (non-hydrogen) atoms. The molecule has 136 valence electrons. The van der Waals surface area contributed by atoms with Crippen molar-refractivity contribution in [1.29, 1.82) is 0 Å². The summed E-state index contributed by atoms with van der Waals surface area (Å²) < 4.78 is 0. The van der Waals surface area contributed by atoms with Gasteiger partial charge in [0.05, 0.1) is 6.54 Å². The van der Waals surface area contributed by atoms with E-state index in [4.69, 9.17) is 4.98 Å². The summed E-state index contributed by atoms with van der Waals surface area (Å²) in [7, 11) is 0. The predicted octanol–water partition coefficient (Wildman–Crippen LogP) is 3.04. The number of hydrogen-bond donors (Lipinski definition) is 2. The van der Waals surface area contributed by atoms with Gasteiger partial charge in [0.1, 0.15) is 5.82 Å². The van der Waals surface area contributed by atoms with Crippen molar-refractivity contribution in [2.45, 2.75) is 39.3 Å². The number of hydrogen-bond acceptors (Lipinski definition) is 6. The van der Waals surface area contributed by atoms with Crippen LogP contribution >= 0.6 is 0 Å². The molecule has 6 heteroatoms. The number of fused-ring (bicyclic) bond motifs is 1. The Kier molecular flexibility index (Phi) is 4.84. The van der Waals surface area contributed by atoms with Crippen LogP contribution in [0.5, 0.6) is 0 Å². The summed E-state index contributed by atoms with van der Waals surface area (Å²) in [5.74, 6) is 1.69. The maximum atomic E-state index is 4.87. The average molecular weight is 350 g/mol. The van der Waals surface area contributed by atoms with Gasteiger partial charge in [0.25, 0.3) is 0 Å². The van der Waals surface area contributed by atoms with Gasteiger partial charge in [0.2, 0.25) is 5.95 Å². The number of benzene rings is 1. The summed E-state index contributed by atoms with van der Waals surface area (Å²) in [5, 5.41) is 6.99. The normalized spacial score (nSPS) is 19.3. The maximum Gasteiger partial charge on any atom is 0.227 e. The number of aryl methyl sites for hydroxylation is 1. The second kappa shape index (κ2) is 7.41. The standard InChI is InChI=1S/C20H26N6/c1-3-18-13-21-7-4-8-26(18)20-23-10-14(2)19(25-20)24-17-6-5-15-11-22-12-16(15)9-17/h5-6,9-10,12,18,21H,3-4,7-8,11,13H2,1-2H3,(H,23,24,25). The topological polar surface area (TPSA) is 65.4 Å². The molecule has 0 bridgehead atoms. The first-order valence-corrected chi connectivity index (χ1v) is 9.45. The number of anilines is 3. The highest BCUT2D eigenvalue weighted by Crippen LogP contribution is 2.25. The molecule has 0 radical (unpaired) electrons. The third-order valence-electron chi connectivity index (χ3n) is 5.16. The van der Waals surface area contributed by atoms with Crippen LogP contribution in [-0.4, -0.2) is 41.9 Å². The third kappa shape index (κ3) is 3.42. The van der Waals surface area contributed by atoms with Crippen LogP contribution in [0.2, 0.25) is 0 Å². The predicted molar refractivity (Wildman–Crippen MR) is 107 cm³/mol. The van der Waals surface area contributed by atoms with Gasteiger partial charge in [0, 0.05) is 42.8 Å². The van der Waals surface area contributed by atoms with Crippen LogP contribution in [0.3, 0.4) is 0 Å². The summed E-state index contributed by atoms with van der Waals surface area (Å²) in [6.45, 7) is 8.09. The van der Waals surface area contributed by atoms with Crippen LogP contribution in [0, 0.1) is 6.92 Å². The maximum absolute atomic E-state index is 4.87. The van der Waals surface area contributed by atoms with Gasteiger partial charge in [-0.05, 0) is 49.6 Å². The Labute approximate surface area is 154 Å². The van der Waals surface area contributed by atoms with E-state index in [0.29, 0.717) is 6.04 Å². The van der Waals surface area contributed by atoms with Gasteiger partial charge >= 0.3 is 0 Å². The van der Waals surface area contributed by atoms with E-state index in [1.54, 1.807) is 0 Å². The molecule has 0 saturated carbocycles. The van der Waals surface area contributed by atoms with E-state index in [2.05, 4.69) is 50.6 Å². The zero-order valence-electron chi connectivity index (χ0n) is 15.5. The number of nitrogens with one attached hydrogen (secondary N) is 2. The molecule has 1 atom stereocenters. The highest BCUT2D eigenvalue weighted by Gasteiger charge is 2.22. The molecule has 1 fully saturated rings. The summed E-state index contributed by atoms with van der Waals surface area (Å²) in [6, 6.07) is 6.80. The van der Waals surface area contributed by atoms with Crippen molar-refractivity contribution >= 4 is 23.7 Å². The van der Waals surface area contributed by atoms with E-state index in [1.807, 2.05) is 19.3 Å². The molecule has 4 rings (SSSR count). The van der Waals surface area contributed by atoms with E-state index in [0.717, 1.165) is 62.0 Å². The smallest absolute Gasteiger partial charge is 0.227 e. The molecule has 1 aromatic carbocycles. The van der Waals surface area contributed by atoms with Gasteiger partial charge < -0.3 is 15.5 Å². The lowest BCUT2D eigenvalue weighted by atomic mass is 10.1.